The summed E-state index contributed by atoms with van der Waals surface area (Å²) in [5, 5.41) is 7.58. The summed E-state index contributed by atoms with van der Waals surface area (Å²) in [5.74, 6) is 0.472. The molecule has 0 bridgehead atoms. The molecule has 1 amide bonds. The van der Waals surface area contributed by atoms with Crippen LogP contribution in [0.25, 0.3) is 23.1 Å². The van der Waals surface area contributed by atoms with Gasteiger partial charge >= 0.3 is 0 Å². The van der Waals surface area contributed by atoms with Gasteiger partial charge in [0.2, 0.25) is 5.91 Å². The molecule has 4 rings (SSSR count). The Kier molecular flexibility index (Phi) is 3.90. The van der Waals surface area contributed by atoms with Crippen molar-refractivity contribution in [2.24, 2.45) is 5.41 Å². The second kappa shape index (κ2) is 6.12. The standard InChI is InChI=1S/C20H20FN3O2/c1-12-7-15(24-26-12)4-3-13-10-18-14(9-17(13)21)8-16(23-18)11-22-19(25)20(2)5-6-20/h3-4,7-10,23H,5-6,11H2,1-2H3,(H,22,25)/b4-3+. The first-order chi connectivity index (χ1) is 12.4. The zero-order valence-corrected chi connectivity index (χ0v) is 14.7. The van der Waals surface area contributed by atoms with Gasteiger partial charge in [0.25, 0.3) is 0 Å². The highest BCUT2D eigenvalue weighted by molar-refractivity contribution is 5.86. The topological polar surface area (TPSA) is 70.9 Å². The zero-order valence-electron chi connectivity index (χ0n) is 14.7. The van der Waals surface area contributed by atoms with E-state index >= 15 is 0 Å². The molecule has 3 aromatic rings. The van der Waals surface area contributed by atoms with Crippen LogP contribution in [-0.2, 0) is 11.3 Å². The minimum atomic E-state index is -0.311. The Balaban J connectivity index is 1.52. The van der Waals surface area contributed by atoms with Crippen molar-refractivity contribution in [3.05, 3.63) is 52.8 Å². The number of hydrogen-bond donors (Lipinski definition) is 2. The van der Waals surface area contributed by atoms with Crippen LogP contribution < -0.4 is 5.32 Å². The van der Waals surface area contributed by atoms with E-state index in [0.29, 0.717) is 23.6 Å². The van der Waals surface area contributed by atoms with Crippen LogP contribution in [-0.4, -0.2) is 16.0 Å². The molecule has 5 nitrogen and oxygen atoms in total. The number of amides is 1. The Morgan fingerprint density at radius 2 is 2.15 bits per heavy atom. The number of carbonyl (C=O) groups is 1. The molecule has 2 aromatic heterocycles. The smallest absolute Gasteiger partial charge is 0.226 e. The van der Waals surface area contributed by atoms with E-state index in [2.05, 4.69) is 15.5 Å². The maximum Gasteiger partial charge on any atom is 0.226 e. The first-order valence-corrected chi connectivity index (χ1v) is 8.64. The quantitative estimate of drug-likeness (QED) is 0.722. The highest BCUT2D eigenvalue weighted by Gasteiger charge is 2.44. The summed E-state index contributed by atoms with van der Waals surface area (Å²) >= 11 is 0. The van der Waals surface area contributed by atoms with E-state index in [4.69, 9.17) is 4.52 Å². The molecule has 0 radical (unpaired) electrons. The Morgan fingerprint density at radius 1 is 1.35 bits per heavy atom. The third kappa shape index (κ3) is 3.27. The Bertz CT molecular complexity index is 1010. The number of aryl methyl sites for hydroxylation is 1. The molecule has 0 atom stereocenters. The predicted octanol–water partition coefficient (Wildman–Crippen LogP) is 4.19. The van der Waals surface area contributed by atoms with Crippen molar-refractivity contribution in [1.82, 2.24) is 15.5 Å². The molecular weight excluding hydrogens is 333 g/mol. The summed E-state index contributed by atoms with van der Waals surface area (Å²) in [5.41, 5.74) is 2.58. The molecule has 0 spiro atoms. The first kappa shape index (κ1) is 16.6. The molecule has 0 unspecified atom stereocenters. The fraction of sp³-hybridized carbons (Fsp3) is 0.300. The maximum absolute atomic E-state index is 14.3. The third-order valence-corrected chi connectivity index (χ3v) is 4.86. The van der Waals surface area contributed by atoms with Gasteiger partial charge in [-0.05, 0) is 50.1 Å². The van der Waals surface area contributed by atoms with Crippen molar-refractivity contribution in [1.29, 1.82) is 0 Å². The van der Waals surface area contributed by atoms with Gasteiger partial charge in [-0.2, -0.15) is 0 Å². The van der Waals surface area contributed by atoms with Crippen LogP contribution in [0.2, 0.25) is 0 Å². The number of aromatic nitrogens is 2. The molecule has 1 saturated carbocycles. The molecule has 1 aliphatic carbocycles. The number of benzene rings is 1. The van der Waals surface area contributed by atoms with E-state index in [1.165, 1.54) is 6.07 Å². The molecule has 2 N–H and O–H groups in total. The normalized spacial score (nSPS) is 15.7. The number of nitrogens with zero attached hydrogens (tertiary/aromatic N) is 1. The summed E-state index contributed by atoms with van der Waals surface area (Å²) < 4.78 is 19.3. The van der Waals surface area contributed by atoms with Crippen LogP contribution in [0, 0.1) is 18.2 Å². The van der Waals surface area contributed by atoms with Gasteiger partial charge in [-0.3, -0.25) is 4.79 Å². The highest BCUT2D eigenvalue weighted by Crippen LogP contribution is 2.45. The fourth-order valence-electron chi connectivity index (χ4n) is 2.90. The maximum atomic E-state index is 14.3. The van der Waals surface area contributed by atoms with Gasteiger partial charge in [0, 0.05) is 33.6 Å². The van der Waals surface area contributed by atoms with Gasteiger partial charge in [0.1, 0.15) is 17.3 Å². The molecule has 6 heteroatoms. The Hall–Kier alpha value is -2.89. The van der Waals surface area contributed by atoms with E-state index in [9.17, 15) is 9.18 Å². The second-order valence-electron chi connectivity index (χ2n) is 7.19. The molecule has 0 aliphatic heterocycles. The minimum absolute atomic E-state index is 0.0777. The largest absolute Gasteiger partial charge is 0.361 e. The monoisotopic (exact) mass is 353 g/mol. The molecule has 1 aliphatic rings. The Labute approximate surface area is 150 Å². The number of hydrogen-bond acceptors (Lipinski definition) is 3. The van der Waals surface area contributed by atoms with E-state index in [-0.39, 0.29) is 17.1 Å². The molecule has 2 heterocycles. The van der Waals surface area contributed by atoms with Crippen LogP contribution in [0.5, 0.6) is 0 Å². The summed E-state index contributed by atoms with van der Waals surface area (Å²) in [4.78, 5) is 15.3. The lowest BCUT2D eigenvalue weighted by Crippen LogP contribution is -2.29. The van der Waals surface area contributed by atoms with Crippen molar-refractivity contribution >= 4 is 29.0 Å². The number of rotatable bonds is 5. The first-order valence-electron chi connectivity index (χ1n) is 8.64. The number of aromatic amines is 1. The highest BCUT2D eigenvalue weighted by atomic mass is 19.1. The van der Waals surface area contributed by atoms with Gasteiger partial charge in [-0.25, -0.2) is 4.39 Å². The van der Waals surface area contributed by atoms with E-state index in [1.54, 1.807) is 31.2 Å². The summed E-state index contributed by atoms with van der Waals surface area (Å²) in [6, 6.07) is 6.89. The van der Waals surface area contributed by atoms with Crippen molar-refractivity contribution < 1.29 is 13.7 Å². The third-order valence-electron chi connectivity index (χ3n) is 4.86. The molecule has 134 valence electrons. The summed E-state index contributed by atoms with van der Waals surface area (Å²) in [7, 11) is 0. The lowest BCUT2D eigenvalue weighted by Gasteiger charge is -2.08. The number of nitrogens with one attached hydrogen (secondary N) is 2. The van der Waals surface area contributed by atoms with E-state index in [0.717, 1.165) is 29.4 Å². The summed E-state index contributed by atoms with van der Waals surface area (Å²) in [6.45, 7) is 4.19. The average molecular weight is 353 g/mol. The van der Waals surface area contributed by atoms with Crippen LogP contribution >= 0.6 is 0 Å². The van der Waals surface area contributed by atoms with Crippen molar-refractivity contribution in [3.8, 4) is 0 Å². The Morgan fingerprint density at radius 3 is 2.85 bits per heavy atom. The molecule has 26 heavy (non-hydrogen) atoms. The van der Waals surface area contributed by atoms with Crippen molar-refractivity contribution in [2.45, 2.75) is 33.2 Å². The number of carbonyl (C=O) groups excluding carboxylic acids is 1. The van der Waals surface area contributed by atoms with Crippen LogP contribution in [0.3, 0.4) is 0 Å². The lowest BCUT2D eigenvalue weighted by atomic mass is 10.1. The number of halogens is 1. The molecule has 1 aromatic carbocycles. The van der Waals surface area contributed by atoms with Gasteiger partial charge in [0.15, 0.2) is 0 Å². The van der Waals surface area contributed by atoms with Crippen LogP contribution in [0.15, 0.2) is 28.8 Å². The minimum Gasteiger partial charge on any atom is -0.361 e. The molecule has 1 fully saturated rings. The van der Waals surface area contributed by atoms with Crippen molar-refractivity contribution in [3.63, 3.8) is 0 Å². The number of fused-ring (bicyclic) bond motifs is 1. The SMILES string of the molecule is Cc1cc(/C=C/c2cc3[nH]c(CNC(=O)C4(C)CC4)cc3cc2F)no1. The lowest BCUT2D eigenvalue weighted by molar-refractivity contribution is -0.125. The van der Waals surface area contributed by atoms with Gasteiger partial charge in [-0.15, -0.1) is 0 Å². The van der Waals surface area contributed by atoms with Gasteiger partial charge in [-0.1, -0.05) is 12.1 Å². The van der Waals surface area contributed by atoms with E-state index in [1.807, 2.05) is 13.0 Å². The zero-order chi connectivity index (χ0) is 18.3. The number of H-pyrrole nitrogens is 1. The van der Waals surface area contributed by atoms with Crippen LogP contribution in [0.4, 0.5) is 4.39 Å². The molecule has 0 saturated heterocycles. The summed E-state index contributed by atoms with van der Waals surface area (Å²) in [6.07, 6.45) is 5.26. The second-order valence-corrected chi connectivity index (χ2v) is 7.19. The predicted molar refractivity (Wildman–Crippen MR) is 97.6 cm³/mol. The van der Waals surface area contributed by atoms with E-state index < -0.39 is 0 Å². The van der Waals surface area contributed by atoms with Gasteiger partial charge < -0.3 is 14.8 Å². The average Bonchev–Trinajstić information content (AvgIpc) is 3.04. The van der Waals surface area contributed by atoms with Gasteiger partial charge in [0.05, 0.1) is 6.54 Å². The van der Waals surface area contributed by atoms with Crippen molar-refractivity contribution in [2.75, 3.05) is 0 Å². The van der Waals surface area contributed by atoms with Crippen LogP contribution in [0.1, 0.15) is 42.5 Å². The molecular formula is C20H20FN3O2. The fourth-order valence-corrected chi connectivity index (χ4v) is 2.90.